The molecule has 0 radical (unpaired) electrons. The highest BCUT2D eigenvalue weighted by atomic mass is 16.5. The first-order valence-electron chi connectivity index (χ1n) is 8.49. The number of likely N-dealkylation sites (tertiary alicyclic amines) is 1. The van der Waals surface area contributed by atoms with Crippen LogP contribution >= 0.6 is 0 Å². The van der Waals surface area contributed by atoms with Gasteiger partial charge in [0.2, 0.25) is 11.8 Å². The van der Waals surface area contributed by atoms with Crippen molar-refractivity contribution >= 4 is 5.97 Å². The number of rotatable bonds is 5. The molecule has 0 unspecified atom stereocenters. The molecule has 0 N–H and O–H groups in total. The summed E-state index contributed by atoms with van der Waals surface area (Å²) < 4.78 is 10.9. The Labute approximate surface area is 147 Å². The minimum absolute atomic E-state index is 0.0689. The fraction of sp³-hybridized carbons (Fsp3) is 0.444. The number of piperidine rings is 1. The third kappa shape index (κ3) is 4.30. The van der Waals surface area contributed by atoms with E-state index in [9.17, 15) is 4.79 Å². The molecule has 2 aromatic rings. The molecular weight excluding hydrogens is 320 g/mol. The summed E-state index contributed by atoms with van der Waals surface area (Å²) in [5.41, 5.74) is 1.38. The van der Waals surface area contributed by atoms with Crippen molar-refractivity contribution in [3.8, 4) is 23.0 Å². The summed E-state index contributed by atoms with van der Waals surface area (Å²) in [4.78, 5) is 18.6. The molecule has 1 aliphatic heterocycles. The first-order valence-corrected chi connectivity index (χ1v) is 8.49. The van der Waals surface area contributed by atoms with Crippen LogP contribution in [0.25, 0.3) is 11.3 Å². The Morgan fingerprint density at radius 1 is 1.24 bits per heavy atom. The van der Waals surface area contributed by atoms with Gasteiger partial charge < -0.3 is 14.4 Å². The van der Waals surface area contributed by atoms with Gasteiger partial charge in [0, 0.05) is 12.3 Å². The van der Waals surface area contributed by atoms with Gasteiger partial charge in [0.25, 0.3) is 0 Å². The van der Waals surface area contributed by atoms with Crippen molar-refractivity contribution in [2.24, 2.45) is 5.92 Å². The molecule has 0 atom stereocenters. The highest BCUT2D eigenvalue weighted by molar-refractivity contribution is 5.75. The molecule has 7 nitrogen and oxygen atoms in total. The smallest absolute Gasteiger partial charge is 0.315 e. The molecule has 0 bridgehead atoms. The first kappa shape index (κ1) is 17.3. The van der Waals surface area contributed by atoms with Gasteiger partial charge >= 0.3 is 5.97 Å². The van der Waals surface area contributed by atoms with Crippen LogP contribution in [0.5, 0.6) is 11.8 Å². The molecular formula is C18H22N4O3. The summed E-state index contributed by atoms with van der Waals surface area (Å²) in [5, 5.41) is 8.17. The summed E-state index contributed by atoms with van der Waals surface area (Å²) in [5.74, 6) is 0.428. The average molecular weight is 342 g/mol. The molecule has 132 valence electrons. The molecule has 0 aliphatic carbocycles. The number of hydrogen-bond donors (Lipinski definition) is 0. The summed E-state index contributed by atoms with van der Waals surface area (Å²) >= 11 is 0. The minimum atomic E-state index is -0.230. The van der Waals surface area contributed by atoms with Crippen LogP contribution in [0.15, 0.2) is 30.5 Å². The van der Waals surface area contributed by atoms with Crippen molar-refractivity contribution in [3.63, 3.8) is 0 Å². The fourth-order valence-corrected chi connectivity index (χ4v) is 2.79. The lowest BCUT2D eigenvalue weighted by Crippen LogP contribution is -2.35. The summed E-state index contributed by atoms with van der Waals surface area (Å²) in [6, 6.07) is 7.08. The van der Waals surface area contributed by atoms with E-state index in [1.54, 1.807) is 18.3 Å². The lowest BCUT2D eigenvalue weighted by Gasteiger charge is -2.27. The number of carbonyl (C=O) groups excluding carboxylic acids is 1. The Morgan fingerprint density at radius 3 is 2.72 bits per heavy atom. The summed E-state index contributed by atoms with van der Waals surface area (Å²) in [6.07, 6.45) is 3.29. The van der Waals surface area contributed by atoms with E-state index in [0.717, 1.165) is 31.5 Å². The van der Waals surface area contributed by atoms with Crippen LogP contribution in [0.2, 0.25) is 0 Å². The molecule has 1 saturated heterocycles. The number of ether oxygens (including phenoxy) is 2. The number of esters is 1. The molecule has 25 heavy (non-hydrogen) atoms. The quantitative estimate of drug-likeness (QED) is 0.771. The second-order valence-electron chi connectivity index (χ2n) is 6.04. The van der Waals surface area contributed by atoms with Crippen molar-refractivity contribution in [3.05, 3.63) is 30.5 Å². The maximum atomic E-state index is 12.2. The van der Waals surface area contributed by atoms with Crippen molar-refractivity contribution in [2.75, 3.05) is 26.7 Å². The second-order valence-corrected chi connectivity index (χ2v) is 6.04. The highest BCUT2D eigenvalue weighted by Gasteiger charge is 2.25. The van der Waals surface area contributed by atoms with Gasteiger partial charge in [0.05, 0.1) is 23.8 Å². The number of pyridine rings is 1. The third-order valence-electron chi connectivity index (χ3n) is 4.23. The van der Waals surface area contributed by atoms with E-state index >= 15 is 0 Å². The maximum Gasteiger partial charge on any atom is 0.315 e. The van der Waals surface area contributed by atoms with Crippen molar-refractivity contribution in [1.29, 1.82) is 0 Å². The molecule has 0 spiro atoms. The topological polar surface area (TPSA) is 77.4 Å². The van der Waals surface area contributed by atoms with Gasteiger partial charge in [-0.05, 0) is 58.1 Å². The van der Waals surface area contributed by atoms with E-state index in [1.807, 2.05) is 19.1 Å². The van der Waals surface area contributed by atoms with Crippen molar-refractivity contribution in [2.45, 2.75) is 19.8 Å². The monoisotopic (exact) mass is 342 g/mol. The average Bonchev–Trinajstić information content (AvgIpc) is 2.64. The van der Waals surface area contributed by atoms with Gasteiger partial charge in [0.1, 0.15) is 0 Å². The fourth-order valence-electron chi connectivity index (χ4n) is 2.79. The van der Waals surface area contributed by atoms with E-state index in [4.69, 9.17) is 9.47 Å². The molecule has 1 fully saturated rings. The number of aromatic nitrogens is 3. The molecule has 1 aliphatic rings. The molecule has 7 heteroatoms. The molecule has 3 heterocycles. The predicted octanol–water partition coefficient (Wildman–Crippen LogP) is 2.18. The lowest BCUT2D eigenvalue weighted by atomic mass is 9.97. The van der Waals surface area contributed by atoms with Crippen LogP contribution in [-0.2, 0) is 4.79 Å². The van der Waals surface area contributed by atoms with Gasteiger partial charge in [-0.2, -0.15) is 0 Å². The highest BCUT2D eigenvalue weighted by Crippen LogP contribution is 2.26. The Bertz CT molecular complexity index is 713. The third-order valence-corrected chi connectivity index (χ3v) is 4.23. The molecule has 0 aromatic carbocycles. The van der Waals surface area contributed by atoms with Gasteiger partial charge in [-0.1, -0.05) is 0 Å². The standard InChI is InChI=1S/C18H22N4O3/c1-3-24-17-14(5-4-10-19-17)15-6-7-16(21-20-15)25-18(23)13-8-11-22(2)12-9-13/h4-7,10,13H,3,8-9,11-12H2,1-2H3. The van der Waals surface area contributed by atoms with Crippen molar-refractivity contribution < 1.29 is 14.3 Å². The number of nitrogens with zero attached hydrogens (tertiary/aromatic N) is 4. The maximum absolute atomic E-state index is 12.2. The van der Waals surface area contributed by atoms with Crippen LogP contribution in [0.3, 0.4) is 0 Å². The van der Waals surface area contributed by atoms with Crippen LogP contribution in [0.4, 0.5) is 0 Å². The normalized spacial score (nSPS) is 15.8. The first-order chi connectivity index (χ1) is 12.2. The Hall–Kier alpha value is -2.54. The second kappa shape index (κ2) is 8.02. The number of hydrogen-bond acceptors (Lipinski definition) is 7. The molecule has 2 aromatic heterocycles. The van der Waals surface area contributed by atoms with Gasteiger partial charge in [-0.15, -0.1) is 10.2 Å². The SMILES string of the molecule is CCOc1ncccc1-c1ccc(OC(=O)C2CCN(C)CC2)nn1. The van der Waals surface area contributed by atoms with Crippen LogP contribution in [0.1, 0.15) is 19.8 Å². The zero-order valence-electron chi connectivity index (χ0n) is 14.5. The van der Waals surface area contributed by atoms with Crippen LogP contribution < -0.4 is 9.47 Å². The zero-order valence-corrected chi connectivity index (χ0v) is 14.5. The van der Waals surface area contributed by atoms with Crippen LogP contribution in [0, 0.1) is 5.92 Å². The van der Waals surface area contributed by atoms with Gasteiger partial charge in [-0.3, -0.25) is 4.79 Å². The Kier molecular flexibility index (Phi) is 5.55. The van der Waals surface area contributed by atoms with E-state index in [2.05, 4.69) is 27.1 Å². The van der Waals surface area contributed by atoms with Crippen molar-refractivity contribution in [1.82, 2.24) is 20.1 Å². The van der Waals surface area contributed by atoms with E-state index in [0.29, 0.717) is 18.2 Å². The number of carbonyl (C=O) groups is 1. The Balaban J connectivity index is 1.67. The van der Waals surface area contributed by atoms with Gasteiger partial charge in [-0.25, -0.2) is 4.98 Å². The zero-order chi connectivity index (χ0) is 17.6. The predicted molar refractivity (Wildman–Crippen MR) is 92.3 cm³/mol. The Morgan fingerprint density at radius 2 is 2.04 bits per heavy atom. The van der Waals surface area contributed by atoms with Gasteiger partial charge in [0.15, 0.2) is 0 Å². The molecule has 3 rings (SSSR count). The summed E-state index contributed by atoms with van der Waals surface area (Å²) in [7, 11) is 2.06. The minimum Gasteiger partial charge on any atom is -0.477 e. The summed E-state index contributed by atoms with van der Waals surface area (Å²) in [6.45, 7) is 4.23. The van der Waals surface area contributed by atoms with E-state index in [-0.39, 0.29) is 17.8 Å². The molecule has 0 saturated carbocycles. The molecule has 0 amide bonds. The lowest BCUT2D eigenvalue weighted by molar-refractivity contribution is -0.140. The van der Waals surface area contributed by atoms with Crippen LogP contribution in [-0.4, -0.2) is 52.8 Å². The largest absolute Gasteiger partial charge is 0.477 e. The van der Waals surface area contributed by atoms with E-state index in [1.165, 1.54) is 0 Å². The van der Waals surface area contributed by atoms with E-state index < -0.39 is 0 Å².